The van der Waals surface area contributed by atoms with Crippen molar-refractivity contribution < 1.29 is 0 Å². The lowest BCUT2D eigenvalue weighted by atomic mass is 9.80. The van der Waals surface area contributed by atoms with Crippen LogP contribution in [-0.4, -0.2) is 0 Å². The molecule has 0 radical (unpaired) electrons. The van der Waals surface area contributed by atoms with Crippen molar-refractivity contribution in [2.75, 3.05) is 0 Å². The third kappa shape index (κ3) is 4.44. The Morgan fingerprint density at radius 3 is 2.05 bits per heavy atom. The van der Waals surface area contributed by atoms with Crippen LogP contribution in [0, 0.1) is 0 Å². The fraction of sp³-hybridized carbons (Fsp3) is 0.0256. The van der Waals surface area contributed by atoms with Crippen molar-refractivity contribution in [1.82, 2.24) is 0 Å². The molecule has 0 unspecified atom stereocenters. The molecule has 7 aromatic rings. The van der Waals surface area contributed by atoms with Crippen LogP contribution in [0.3, 0.4) is 0 Å². The van der Waals surface area contributed by atoms with Crippen molar-refractivity contribution in [1.29, 1.82) is 0 Å². The molecule has 0 aliphatic heterocycles. The highest BCUT2D eigenvalue weighted by atomic mass is 79.9. The molecule has 0 spiro atoms. The van der Waals surface area contributed by atoms with Gasteiger partial charge in [-0.3, -0.25) is 0 Å². The van der Waals surface area contributed by atoms with Crippen LogP contribution in [0.15, 0.2) is 138 Å². The van der Waals surface area contributed by atoms with Crippen molar-refractivity contribution in [2.24, 2.45) is 0 Å². The van der Waals surface area contributed by atoms with Crippen LogP contribution < -0.4 is 0 Å². The first kappa shape index (κ1) is 24.5. The van der Waals surface area contributed by atoms with Gasteiger partial charge in [0, 0.05) is 24.6 Å². The van der Waals surface area contributed by atoms with Gasteiger partial charge in [-0.2, -0.15) is 0 Å². The van der Waals surface area contributed by atoms with Gasteiger partial charge >= 0.3 is 0 Å². The normalized spacial score (nSPS) is 13.4. The van der Waals surface area contributed by atoms with Gasteiger partial charge in [0.15, 0.2) is 0 Å². The maximum atomic E-state index is 3.66. The summed E-state index contributed by atoms with van der Waals surface area (Å²) in [6, 6.07) is 48.9. The summed E-state index contributed by atoms with van der Waals surface area (Å²) in [5.74, 6) is 0. The maximum Gasteiger partial charge on any atom is 0.0356 e. The molecule has 0 atom stereocenters. The molecule has 0 N–H and O–H groups in total. The van der Waals surface area contributed by atoms with Gasteiger partial charge in [0.25, 0.3) is 0 Å². The lowest BCUT2D eigenvalue weighted by Crippen LogP contribution is -2.03. The van der Waals surface area contributed by atoms with E-state index in [1.54, 1.807) is 0 Å². The first-order valence-electron chi connectivity index (χ1n) is 13.9. The molecule has 41 heavy (non-hydrogen) atoms. The van der Waals surface area contributed by atoms with Gasteiger partial charge < -0.3 is 0 Å². The predicted octanol–water partition coefficient (Wildman–Crippen LogP) is 11.9. The molecule has 194 valence electrons. The molecular weight excluding hydrogens is 580 g/mol. The van der Waals surface area contributed by atoms with Gasteiger partial charge in [0.2, 0.25) is 0 Å². The summed E-state index contributed by atoms with van der Waals surface area (Å²) in [4.78, 5) is 0. The average molecular weight is 606 g/mol. The molecule has 0 nitrogen and oxygen atoms in total. The monoisotopic (exact) mass is 604 g/mol. The Hall–Kier alpha value is -4.24. The number of allylic oxidation sites excluding steroid dienone is 1. The van der Waals surface area contributed by atoms with Gasteiger partial charge in [0.1, 0.15) is 0 Å². The second-order valence-electron chi connectivity index (χ2n) is 10.7. The molecule has 2 heteroatoms. The highest BCUT2D eigenvalue weighted by Gasteiger charge is 2.20. The number of thiophene rings is 1. The van der Waals surface area contributed by atoms with Gasteiger partial charge in [0.05, 0.1) is 0 Å². The van der Waals surface area contributed by atoms with E-state index in [0.29, 0.717) is 0 Å². The van der Waals surface area contributed by atoms with Gasteiger partial charge in [-0.1, -0.05) is 113 Å². The molecule has 0 amide bonds. The molecule has 1 heterocycles. The Morgan fingerprint density at radius 1 is 0.512 bits per heavy atom. The van der Waals surface area contributed by atoms with E-state index in [9.17, 15) is 0 Å². The molecule has 0 fully saturated rings. The van der Waals surface area contributed by atoms with Gasteiger partial charge in [-0.25, -0.2) is 0 Å². The Labute approximate surface area is 252 Å². The van der Waals surface area contributed by atoms with Crippen molar-refractivity contribution in [3.63, 3.8) is 0 Å². The summed E-state index contributed by atoms with van der Waals surface area (Å²) in [6.07, 6.45) is 3.29. The van der Waals surface area contributed by atoms with E-state index in [1.807, 2.05) is 11.3 Å². The first-order valence-corrected chi connectivity index (χ1v) is 15.5. The van der Waals surface area contributed by atoms with Crippen molar-refractivity contribution in [2.45, 2.75) is 6.42 Å². The second kappa shape index (κ2) is 9.99. The summed E-state index contributed by atoms with van der Waals surface area (Å²) >= 11 is 5.52. The summed E-state index contributed by atoms with van der Waals surface area (Å²) < 4.78 is 3.77. The molecule has 1 aromatic heterocycles. The van der Waals surface area contributed by atoms with Crippen LogP contribution in [0.1, 0.15) is 16.7 Å². The van der Waals surface area contributed by atoms with Crippen LogP contribution in [0.25, 0.3) is 65.2 Å². The number of fused-ring (bicyclic) bond motifs is 6. The third-order valence-corrected chi connectivity index (χ3v) is 9.80. The zero-order valence-corrected chi connectivity index (χ0v) is 24.7. The molecule has 0 bridgehead atoms. The molecule has 1 aliphatic carbocycles. The topological polar surface area (TPSA) is 0 Å². The summed E-state index contributed by atoms with van der Waals surface area (Å²) in [7, 11) is 0. The number of hydrogen-bond donors (Lipinski definition) is 0. The molecule has 0 saturated heterocycles. The van der Waals surface area contributed by atoms with E-state index < -0.39 is 0 Å². The van der Waals surface area contributed by atoms with E-state index in [2.05, 4.69) is 155 Å². The first-order chi connectivity index (χ1) is 20.2. The van der Waals surface area contributed by atoms with Crippen LogP contribution in [0.2, 0.25) is 0 Å². The van der Waals surface area contributed by atoms with Crippen LogP contribution in [-0.2, 0) is 6.42 Å². The molecule has 6 aromatic carbocycles. The molecule has 1 aliphatic rings. The largest absolute Gasteiger partial charge is 0.135 e. The van der Waals surface area contributed by atoms with E-state index in [4.69, 9.17) is 0 Å². The molecule has 0 saturated carbocycles. The summed E-state index contributed by atoms with van der Waals surface area (Å²) in [5.41, 5.74) is 12.9. The quantitative estimate of drug-likeness (QED) is 0.188. The number of benzene rings is 6. The fourth-order valence-electron chi connectivity index (χ4n) is 6.15. The zero-order chi connectivity index (χ0) is 27.3. The zero-order valence-electron chi connectivity index (χ0n) is 22.3. The number of rotatable bonds is 3. The smallest absolute Gasteiger partial charge is 0.0356 e. The molecular formula is C39H25BrS. The van der Waals surface area contributed by atoms with Gasteiger partial charge in [-0.15, -0.1) is 11.3 Å². The standard InChI is InChI=1S/C39H25BrS/c40-32-15-18-39-37(24-32)36-23-29(14-17-38(36)41-39)27-11-6-10-26(20-27)28-13-16-34-31(19-25-7-2-1-3-8-25)21-30-9-4-5-12-33(30)35(34)22-28/h1-20,22-24H,21H2. The molecule has 8 rings (SSSR count). The Bertz CT molecular complexity index is 2130. The second-order valence-corrected chi connectivity index (χ2v) is 12.7. The van der Waals surface area contributed by atoms with E-state index in [-0.39, 0.29) is 0 Å². The van der Waals surface area contributed by atoms with Crippen molar-refractivity contribution in [3.8, 4) is 33.4 Å². The third-order valence-electron chi connectivity index (χ3n) is 8.15. The minimum absolute atomic E-state index is 0.948. The van der Waals surface area contributed by atoms with E-state index in [1.165, 1.54) is 75.8 Å². The summed E-state index contributed by atoms with van der Waals surface area (Å²) in [6.45, 7) is 0. The van der Waals surface area contributed by atoms with Crippen molar-refractivity contribution >= 4 is 59.1 Å². The lowest BCUT2D eigenvalue weighted by Gasteiger charge is -2.24. The Balaban J connectivity index is 1.23. The van der Waals surface area contributed by atoms with Gasteiger partial charge in [-0.05, 0) is 105 Å². The Kier molecular flexibility index (Phi) is 5.98. The average Bonchev–Trinajstić information content (AvgIpc) is 3.38. The number of hydrogen-bond acceptors (Lipinski definition) is 1. The van der Waals surface area contributed by atoms with Crippen LogP contribution in [0.4, 0.5) is 0 Å². The number of halogens is 1. The highest BCUT2D eigenvalue weighted by molar-refractivity contribution is 9.10. The Morgan fingerprint density at radius 2 is 1.20 bits per heavy atom. The van der Waals surface area contributed by atoms with E-state index >= 15 is 0 Å². The minimum Gasteiger partial charge on any atom is -0.135 e. The SMILES string of the molecule is Brc1ccc2sc3ccc(-c4cccc(-c5ccc6c(c5)-c5ccccc5CC6=Cc5ccccc5)c4)cc3c2c1. The predicted molar refractivity (Wildman–Crippen MR) is 181 cm³/mol. The maximum absolute atomic E-state index is 3.66. The van der Waals surface area contributed by atoms with Crippen LogP contribution in [0.5, 0.6) is 0 Å². The van der Waals surface area contributed by atoms with Crippen molar-refractivity contribution in [3.05, 3.63) is 155 Å². The fourth-order valence-corrected chi connectivity index (χ4v) is 7.58. The minimum atomic E-state index is 0.948. The highest BCUT2D eigenvalue weighted by Crippen LogP contribution is 2.43. The lowest BCUT2D eigenvalue weighted by molar-refractivity contribution is 1.25. The van der Waals surface area contributed by atoms with E-state index in [0.717, 1.165) is 10.9 Å². The summed E-state index contributed by atoms with van der Waals surface area (Å²) in [5, 5.41) is 2.63. The van der Waals surface area contributed by atoms with Crippen LogP contribution >= 0.6 is 27.3 Å².